The standard InChI is InChI=1S/C11H14BrFN2S/c12-7-3-4-9(13)8(6-7)11(15-14)10-2-1-5-16-10/h3-4,6,10-11,15H,1-2,5,14H2. The highest BCUT2D eigenvalue weighted by molar-refractivity contribution is 9.10. The van der Waals surface area contributed by atoms with Crippen LogP contribution < -0.4 is 11.3 Å². The topological polar surface area (TPSA) is 38.0 Å². The van der Waals surface area contributed by atoms with Gasteiger partial charge in [-0.1, -0.05) is 15.9 Å². The Morgan fingerprint density at radius 1 is 1.56 bits per heavy atom. The number of hydrogen-bond donors (Lipinski definition) is 2. The Bertz CT molecular complexity index is 369. The molecule has 1 aromatic carbocycles. The molecular formula is C11H14BrFN2S. The van der Waals surface area contributed by atoms with Crippen LogP contribution in [0.3, 0.4) is 0 Å². The van der Waals surface area contributed by atoms with Crippen LogP contribution in [0.1, 0.15) is 24.4 Å². The second kappa shape index (κ2) is 5.49. The first-order valence-electron chi connectivity index (χ1n) is 5.25. The Morgan fingerprint density at radius 3 is 3.00 bits per heavy atom. The van der Waals surface area contributed by atoms with Crippen LogP contribution in [0.25, 0.3) is 0 Å². The Balaban J connectivity index is 2.28. The molecule has 0 radical (unpaired) electrons. The minimum atomic E-state index is -0.196. The van der Waals surface area contributed by atoms with Gasteiger partial charge in [-0.25, -0.2) is 4.39 Å². The van der Waals surface area contributed by atoms with E-state index in [1.165, 1.54) is 12.5 Å². The number of nitrogens with two attached hydrogens (primary N) is 1. The van der Waals surface area contributed by atoms with Gasteiger partial charge in [-0.15, -0.1) is 0 Å². The average Bonchev–Trinajstić information content (AvgIpc) is 2.78. The highest BCUT2D eigenvalue weighted by Gasteiger charge is 2.28. The first kappa shape index (κ1) is 12.4. The van der Waals surface area contributed by atoms with E-state index < -0.39 is 0 Å². The summed E-state index contributed by atoms with van der Waals surface area (Å²) >= 11 is 5.22. The van der Waals surface area contributed by atoms with Gasteiger partial charge in [0.15, 0.2) is 0 Å². The molecule has 88 valence electrons. The molecule has 0 amide bonds. The molecule has 2 rings (SSSR count). The summed E-state index contributed by atoms with van der Waals surface area (Å²) in [6.07, 6.45) is 2.27. The van der Waals surface area contributed by atoms with Crippen LogP contribution in [0, 0.1) is 5.82 Å². The fourth-order valence-electron chi connectivity index (χ4n) is 2.02. The van der Waals surface area contributed by atoms with Crippen LogP contribution in [-0.2, 0) is 0 Å². The summed E-state index contributed by atoms with van der Waals surface area (Å²) in [5.74, 6) is 6.50. The second-order valence-corrected chi connectivity index (χ2v) is 6.12. The van der Waals surface area contributed by atoms with E-state index in [0.29, 0.717) is 10.8 Å². The van der Waals surface area contributed by atoms with Crippen LogP contribution in [0.5, 0.6) is 0 Å². The third-order valence-electron chi connectivity index (χ3n) is 2.81. The molecule has 0 spiro atoms. The summed E-state index contributed by atoms with van der Waals surface area (Å²) in [4.78, 5) is 0. The van der Waals surface area contributed by atoms with Crippen molar-refractivity contribution < 1.29 is 4.39 Å². The van der Waals surface area contributed by atoms with Crippen molar-refractivity contribution in [3.8, 4) is 0 Å². The molecule has 0 aliphatic carbocycles. The maximum atomic E-state index is 13.7. The van der Waals surface area contributed by atoms with Crippen molar-refractivity contribution in [3.05, 3.63) is 34.1 Å². The molecular weight excluding hydrogens is 291 g/mol. The number of benzene rings is 1. The van der Waals surface area contributed by atoms with E-state index in [1.807, 2.05) is 11.8 Å². The predicted molar refractivity (Wildman–Crippen MR) is 69.6 cm³/mol. The quantitative estimate of drug-likeness (QED) is 0.666. The van der Waals surface area contributed by atoms with E-state index in [2.05, 4.69) is 21.4 Å². The second-order valence-electron chi connectivity index (χ2n) is 3.86. The first-order chi connectivity index (χ1) is 7.72. The molecule has 16 heavy (non-hydrogen) atoms. The number of hydrogen-bond acceptors (Lipinski definition) is 3. The Hall–Kier alpha value is -0.100. The van der Waals surface area contributed by atoms with Crippen LogP contribution in [0.2, 0.25) is 0 Å². The van der Waals surface area contributed by atoms with Gasteiger partial charge in [0.05, 0.1) is 6.04 Å². The first-order valence-corrected chi connectivity index (χ1v) is 7.09. The summed E-state index contributed by atoms with van der Waals surface area (Å²) < 4.78 is 14.6. The fraction of sp³-hybridized carbons (Fsp3) is 0.455. The summed E-state index contributed by atoms with van der Waals surface area (Å²) in [7, 11) is 0. The van der Waals surface area contributed by atoms with Crippen LogP contribution in [0.15, 0.2) is 22.7 Å². The summed E-state index contributed by atoms with van der Waals surface area (Å²) in [6.45, 7) is 0. The molecule has 1 aliphatic rings. The summed E-state index contributed by atoms with van der Waals surface area (Å²) in [5.41, 5.74) is 3.40. The van der Waals surface area contributed by atoms with Gasteiger partial charge in [0.1, 0.15) is 5.82 Å². The van der Waals surface area contributed by atoms with Gasteiger partial charge >= 0.3 is 0 Å². The lowest BCUT2D eigenvalue weighted by molar-refractivity contribution is 0.489. The molecule has 0 saturated carbocycles. The lowest BCUT2D eigenvalue weighted by atomic mass is 10.0. The molecule has 1 aromatic rings. The zero-order chi connectivity index (χ0) is 11.5. The van der Waals surface area contributed by atoms with Crippen molar-refractivity contribution in [2.75, 3.05) is 5.75 Å². The third-order valence-corrected chi connectivity index (χ3v) is 4.76. The molecule has 0 bridgehead atoms. The molecule has 3 N–H and O–H groups in total. The summed E-state index contributed by atoms with van der Waals surface area (Å²) in [5, 5.41) is 0.369. The Morgan fingerprint density at radius 2 is 2.38 bits per heavy atom. The van der Waals surface area contributed by atoms with Crippen LogP contribution in [0.4, 0.5) is 4.39 Å². The van der Waals surface area contributed by atoms with Gasteiger partial charge in [0, 0.05) is 15.3 Å². The molecule has 2 atom stereocenters. The minimum Gasteiger partial charge on any atom is -0.271 e. The zero-order valence-corrected chi connectivity index (χ0v) is 11.2. The largest absolute Gasteiger partial charge is 0.271 e. The number of thioether (sulfide) groups is 1. The lowest BCUT2D eigenvalue weighted by Gasteiger charge is -2.23. The average molecular weight is 305 g/mol. The van der Waals surface area contributed by atoms with Gasteiger partial charge in [-0.3, -0.25) is 11.3 Å². The Kier molecular flexibility index (Phi) is 4.24. The van der Waals surface area contributed by atoms with Crippen molar-refractivity contribution in [1.82, 2.24) is 5.43 Å². The van der Waals surface area contributed by atoms with E-state index >= 15 is 0 Å². The maximum absolute atomic E-state index is 13.7. The van der Waals surface area contributed by atoms with E-state index in [1.54, 1.807) is 12.1 Å². The summed E-state index contributed by atoms with van der Waals surface area (Å²) in [6, 6.07) is 4.88. The van der Waals surface area contributed by atoms with Gasteiger partial charge in [-0.2, -0.15) is 11.8 Å². The van der Waals surface area contributed by atoms with Gasteiger partial charge < -0.3 is 0 Å². The van der Waals surface area contributed by atoms with Gasteiger partial charge in [0.2, 0.25) is 0 Å². The van der Waals surface area contributed by atoms with Crippen molar-refractivity contribution in [3.63, 3.8) is 0 Å². The maximum Gasteiger partial charge on any atom is 0.128 e. The predicted octanol–water partition coefficient (Wildman–Crippen LogP) is 2.99. The van der Waals surface area contributed by atoms with Crippen molar-refractivity contribution in [2.45, 2.75) is 24.1 Å². The van der Waals surface area contributed by atoms with Crippen LogP contribution >= 0.6 is 27.7 Å². The zero-order valence-electron chi connectivity index (χ0n) is 8.75. The molecule has 0 aromatic heterocycles. The van der Waals surface area contributed by atoms with E-state index in [-0.39, 0.29) is 11.9 Å². The van der Waals surface area contributed by atoms with Crippen LogP contribution in [-0.4, -0.2) is 11.0 Å². The molecule has 2 unspecified atom stereocenters. The SMILES string of the molecule is NNC(c1cc(Br)ccc1F)C1CCCS1. The number of halogens is 2. The molecule has 1 heterocycles. The Labute approximate surface area is 107 Å². The highest BCUT2D eigenvalue weighted by Crippen LogP contribution is 2.37. The van der Waals surface area contributed by atoms with Crippen molar-refractivity contribution in [1.29, 1.82) is 0 Å². The van der Waals surface area contributed by atoms with E-state index in [4.69, 9.17) is 5.84 Å². The monoisotopic (exact) mass is 304 g/mol. The van der Waals surface area contributed by atoms with Crippen molar-refractivity contribution in [2.24, 2.45) is 5.84 Å². The molecule has 2 nitrogen and oxygen atoms in total. The molecule has 1 aliphatic heterocycles. The normalized spacial score (nSPS) is 22.3. The molecule has 5 heteroatoms. The fourth-order valence-corrected chi connectivity index (χ4v) is 3.78. The highest BCUT2D eigenvalue weighted by atomic mass is 79.9. The van der Waals surface area contributed by atoms with E-state index in [9.17, 15) is 4.39 Å². The number of rotatable bonds is 3. The molecule has 1 fully saturated rings. The number of hydrazine groups is 1. The molecule has 1 saturated heterocycles. The lowest BCUT2D eigenvalue weighted by Crippen LogP contribution is -2.34. The van der Waals surface area contributed by atoms with Gasteiger partial charge in [-0.05, 0) is 36.8 Å². The van der Waals surface area contributed by atoms with Crippen molar-refractivity contribution >= 4 is 27.7 Å². The number of nitrogens with one attached hydrogen (secondary N) is 1. The third kappa shape index (κ3) is 2.59. The smallest absolute Gasteiger partial charge is 0.128 e. The minimum absolute atomic E-state index is 0.106. The van der Waals surface area contributed by atoms with Gasteiger partial charge in [0.25, 0.3) is 0 Å². The van der Waals surface area contributed by atoms with E-state index in [0.717, 1.165) is 16.6 Å².